The van der Waals surface area contributed by atoms with Crippen LogP contribution in [0.1, 0.15) is 32.1 Å². The number of piperazine rings is 1. The van der Waals surface area contributed by atoms with Crippen molar-refractivity contribution in [3.8, 4) is 5.75 Å². The van der Waals surface area contributed by atoms with E-state index in [1.54, 1.807) is 16.9 Å². The number of benzene rings is 1. The second kappa shape index (κ2) is 8.54. The average Bonchev–Trinajstić information content (AvgIpc) is 2.67. The summed E-state index contributed by atoms with van der Waals surface area (Å²) in [5.41, 5.74) is 0.824. The lowest BCUT2D eigenvalue weighted by atomic mass is 9.98. The monoisotopic (exact) mass is 359 g/mol. The molecule has 0 N–H and O–H groups in total. The van der Waals surface area contributed by atoms with Gasteiger partial charge in [0.2, 0.25) is 11.8 Å². The van der Waals surface area contributed by atoms with Crippen LogP contribution in [0.4, 0.5) is 5.69 Å². The molecule has 0 spiro atoms. The Hall–Kier alpha value is -2.08. The van der Waals surface area contributed by atoms with Crippen LogP contribution in [0.15, 0.2) is 24.3 Å². The second-order valence-electron chi connectivity index (χ2n) is 7.23. The first kappa shape index (κ1) is 18.7. The molecule has 1 aromatic carbocycles. The molecule has 0 unspecified atom stereocenters. The van der Waals surface area contributed by atoms with Gasteiger partial charge in [0.1, 0.15) is 12.3 Å². The van der Waals surface area contributed by atoms with Gasteiger partial charge in [-0.3, -0.25) is 9.59 Å². The molecule has 1 atom stereocenters. The molecule has 2 aliphatic rings. The summed E-state index contributed by atoms with van der Waals surface area (Å²) in [7, 11) is 3.76. The highest BCUT2D eigenvalue weighted by molar-refractivity contribution is 5.98. The lowest BCUT2D eigenvalue weighted by molar-refractivity contribution is -0.137. The van der Waals surface area contributed by atoms with Crippen LogP contribution in [0.3, 0.4) is 0 Å². The summed E-state index contributed by atoms with van der Waals surface area (Å²) >= 11 is 0. The van der Waals surface area contributed by atoms with Gasteiger partial charge in [-0.2, -0.15) is 0 Å². The number of nitrogens with zero attached hydrogens (tertiary/aromatic N) is 3. The Labute approximate surface area is 155 Å². The number of piperidine rings is 1. The van der Waals surface area contributed by atoms with Crippen molar-refractivity contribution in [3.63, 3.8) is 0 Å². The van der Waals surface area contributed by atoms with Gasteiger partial charge in [0.15, 0.2) is 0 Å². The van der Waals surface area contributed by atoms with E-state index in [0.717, 1.165) is 24.4 Å². The zero-order valence-corrected chi connectivity index (χ0v) is 15.8. The Balaban J connectivity index is 1.52. The Morgan fingerprint density at radius 3 is 2.81 bits per heavy atom. The molecule has 2 fully saturated rings. The summed E-state index contributed by atoms with van der Waals surface area (Å²) in [5, 5.41) is 0. The fourth-order valence-electron chi connectivity index (χ4n) is 3.89. The summed E-state index contributed by atoms with van der Waals surface area (Å²) in [6.45, 7) is 2.40. The van der Waals surface area contributed by atoms with Gasteiger partial charge in [-0.25, -0.2) is 0 Å². The maximum atomic E-state index is 12.6. The van der Waals surface area contributed by atoms with E-state index in [1.165, 1.54) is 19.3 Å². The number of anilines is 1. The Kier molecular flexibility index (Phi) is 6.14. The topological polar surface area (TPSA) is 53.1 Å². The minimum Gasteiger partial charge on any atom is -0.497 e. The third-order valence-corrected chi connectivity index (χ3v) is 5.55. The molecule has 6 heteroatoms. The molecule has 0 radical (unpaired) electrons. The van der Waals surface area contributed by atoms with Gasteiger partial charge in [-0.1, -0.05) is 12.5 Å². The number of carbonyl (C=O) groups excluding carboxylic acids is 2. The van der Waals surface area contributed by atoms with E-state index in [9.17, 15) is 9.59 Å². The van der Waals surface area contributed by atoms with Gasteiger partial charge in [0.25, 0.3) is 0 Å². The summed E-state index contributed by atoms with van der Waals surface area (Å²) in [4.78, 5) is 30.9. The van der Waals surface area contributed by atoms with Crippen LogP contribution in [-0.4, -0.2) is 68.0 Å². The first-order valence-corrected chi connectivity index (χ1v) is 9.51. The molecular formula is C20H29N3O3. The Bertz CT molecular complexity index is 649. The van der Waals surface area contributed by atoms with Gasteiger partial charge in [-0.15, -0.1) is 0 Å². The van der Waals surface area contributed by atoms with Crippen LogP contribution in [-0.2, 0) is 9.59 Å². The molecule has 1 aromatic rings. The van der Waals surface area contributed by atoms with Crippen LogP contribution >= 0.6 is 0 Å². The smallest absolute Gasteiger partial charge is 0.246 e. The standard InChI is InChI=1S/C20H29N3O3/c1-21-11-4-3-6-16(21)9-10-19(24)22-12-13-23(20(25)15-22)17-7-5-8-18(14-17)26-2/h5,7-8,14,16H,3-4,6,9-13,15H2,1-2H3/t16-/m0/s1. The molecule has 0 bridgehead atoms. The van der Waals surface area contributed by atoms with Crippen LogP contribution < -0.4 is 9.64 Å². The maximum Gasteiger partial charge on any atom is 0.246 e. The summed E-state index contributed by atoms with van der Waals surface area (Å²) in [5.74, 6) is 0.792. The average molecular weight is 359 g/mol. The van der Waals surface area contributed by atoms with Crippen molar-refractivity contribution in [2.24, 2.45) is 0 Å². The molecule has 2 heterocycles. The second-order valence-corrected chi connectivity index (χ2v) is 7.23. The highest BCUT2D eigenvalue weighted by Gasteiger charge is 2.29. The highest BCUT2D eigenvalue weighted by atomic mass is 16.5. The number of methoxy groups -OCH3 is 1. The van der Waals surface area contributed by atoms with Gasteiger partial charge in [0.05, 0.1) is 7.11 Å². The molecule has 0 saturated carbocycles. The van der Waals surface area contributed by atoms with E-state index in [4.69, 9.17) is 4.74 Å². The van der Waals surface area contributed by atoms with Crippen molar-refractivity contribution in [2.45, 2.75) is 38.1 Å². The molecule has 0 aliphatic carbocycles. The first-order valence-electron chi connectivity index (χ1n) is 9.51. The number of hydrogen-bond acceptors (Lipinski definition) is 4. The number of rotatable bonds is 5. The predicted octanol–water partition coefficient (Wildman–Crippen LogP) is 2.13. The molecule has 26 heavy (non-hydrogen) atoms. The SMILES string of the molecule is COc1cccc(N2CCN(C(=O)CC[C@@H]3CCCCN3C)CC2=O)c1. The van der Waals surface area contributed by atoms with Crippen LogP contribution in [0.5, 0.6) is 5.75 Å². The molecule has 6 nitrogen and oxygen atoms in total. The molecule has 2 aliphatic heterocycles. The Morgan fingerprint density at radius 1 is 1.23 bits per heavy atom. The van der Waals surface area contributed by atoms with E-state index >= 15 is 0 Å². The largest absolute Gasteiger partial charge is 0.497 e. The fraction of sp³-hybridized carbons (Fsp3) is 0.600. The lowest BCUT2D eigenvalue weighted by Crippen LogP contribution is -2.52. The zero-order chi connectivity index (χ0) is 18.5. The molecule has 2 amide bonds. The lowest BCUT2D eigenvalue weighted by Gasteiger charge is -2.36. The number of carbonyl (C=O) groups is 2. The number of amides is 2. The summed E-state index contributed by atoms with van der Waals surface area (Å²) in [6, 6.07) is 7.99. The van der Waals surface area contributed by atoms with E-state index < -0.39 is 0 Å². The van der Waals surface area contributed by atoms with E-state index in [1.807, 2.05) is 24.3 Å². The van der Waals surface area contributed by atoms with Crippen molar-refractivity contribution in [2.75, 3.05) is 45.2 Å². The van der Waals surface area contributed by atoms with Gasteiger partial charge in [0, 0.05) is 37.3 Å². The quantitative estimate of drug-likeness (QED) is 0.808. The van der Waals surface area contributed by atoms with Crippen LogP contribution in [0.2, 0.25) is 0 Å². The number of likely N-dealkylation sites (tertiary alicyclic amines) is 1. The minimum absolute atomic E-state index is 0.0346. The van der Waals surface area contributed by atoms with Crippen molar-refractivity contribution in [3.05, 3.63) is 24.3 Å². The molecule has 3 rings (SSSR count). The van der Waals surface area contributed by atoms with E-state index in [-0.39, 0.29) is 18.4 Å². The van der Waals surface area contributed by atoms with E-state index in [2.05, 4.69) is 11.9 Å². The van der Waals surface area contributed by atoms with Gasteiger partial charge >= 0.3 is 0 Å². The van der Waals surface area contributed by atoms with Crippen molar-refractivity contribution >= 4 is 17.5 Å². The first-order chi connectivity index (χ1) is 12.6. The van der Waals surface area contributed by atoms with Crippen LogP contribution in [0, 0.1) is 0 Å². The van der Waals surface area contributed by atoms with E-state index in [0.29, 0.717) is 25.6 Å². The maximum absolute atomic E-state index is 12.6. The van der Waals surface area contributed by atoms with Gasteiger partial charge in [-0.05, 0) is 45.0 Å². The molecule has 0 aromatic heterocycles. The fourth-order valence-corrected chi connectivity index (χ4v) is 3.89. The molecule has 142 valence electrons. The predicted molar refractivity (Wildman–Crippen MR) is 101 cm³/mol. The van der Waals surface area contributed by atoms with Crippen molar-refractivity contribution in [1.29, 1.82) is 0 Å². The highest BCUT2D eigenvalue weighted by Crippen LogP contribution is 2.23. The minimum atomic E-state index is -0.0346. The third kappa shape index (κ3) is 4.36. The van der Waals surface area contributed by atoms with Crippen molar-refractivity contribution < 1.29 is 14.3 Å². The normalized spacial score (nSPS) is 21.8. The number of ether oxygens (including phenoxy) is 1. The van der Waals surface area contributed by atoms with Gasteiger partial charge < -0.3 is 19.4 Å². The number of hydrogen-bond donors (Lipinski definition) is 0. The summed E-state index contributed by atoms with van der Waals surface area (Å²) in [6.07, 6.45) is 5.09. The zero-order valence-electron chi connectivity index (χ0n) is 15.8. The summed E-state index contributed by atoms with van der Waals surface area (Å²) < 4.78 is 5.23. The van der Waals surface area contributed by atoms with Crippen LogP contribution in [0.25, 0.3) is 0 Å². The molecule has 2 saturated heterocycles. The van der Waals surface area contributed by atoms with Crippen molar-refractivity contribution in [1.82, 2.24) is 9.80 Å². The Morgan fingerprint density at radius 2 is 2.08 bits per heavy atom. The molecular weight excluding hydrogens is 330 g/mol. The third-order valence-electron chi connectivity index (χ3n) is 5.55.